The van der Waals surface area contributed by atoms with Crippen LogP contribution in [0.5, 0.6) is 0 Å². The summed E-state index contributed by atoms with van der Waals surface area (Å²) in [6, 6.07) is 0.626. The molecule has 2 aliphatic carbocycles. The van der Waals surface area contributed by atoms with Crippen molar-refractivity contribution in [2.75, 3.05) is 6.54 Å². The van der Waals surface area contributed by atoms with Crippen molar-refractivity contribution < 1.29 is 9.59 Å². The van der Waals surface area contributed by atoms with Crippen LogP contribution in [0.4, 0.5) is 4.79 Å². The number of Topliss-reactive ketones (excluding diaryl/α,β-unsaturated/α-hetero) is 1. The molecule has 4 nitrogen and oxygen atoms in total. The predicted octanol–water partition coefficient (Wildman–Crippen LogP) is 2.86. The Morgan fingerprint density at radius 1 is 1.00 bits per heavy atom. The van der Waals surface area contributed by atoms with Gasteiger partial charge in [0.2, 0.25) is 0 Å². The minimum atomic E-state index is 0.0813. The van der Waals surface area contributed by atoms with E-state index in [-0.39, 0.29) is 18.0 Å². The standard InChI is InChI=1S/C16H26N2O2/c19-15-10-2-1-8-13(15)14-9-3-4-11-18(14)16(20)17-12-6-5-7-12/h12-14H,1-11H2,(H,17,20). The summed E-state index contributed by atoms with van der Waals surface area (Å²) in [5.74, 6) is 0.501. The second-order valence-electron chi connectivity index (χ2n) is 6.65. The molecule has 2 saturated carbocycles. The van der Waals surface area contributed by atoms with Crippen LogP contribution in [0.1, 0.15) is 64.2 Å². The number of hydrogen-bond acceptors (Lipinski definition) is 2. The second kappa shape index (κ2) is 6.15. The van der Waals surface area contributed by atoms with Gasteiger partial charge in [0.05, 0.1) is 0 Å². The molecule has 0 bridgehead atoms. The number of piperidine rings is 1. The molecule has 1 saturated heterocycles. The summed E-state index contributed by atoms with van der Waals surface area (Å²) in [5.41, 5.74) is 0. The Kier molecular flexibility index (Phi) is 4.27. The van der Waals surface area contributed by atoms with E-state index in [1.165, 1.54) is 6.42 Å². The fourth-order valence-corrected chi connectivity index (χ4v) is 3.85. The van der Waals surface area contributed by atoms with Gasteiger partial charge in [-0.1, -0.05) is 6.42 Å². The van der Waals surface area contributed by atoms with Gasteiger partial charge in [0.15, 0.2) is 0 Å². The van der Waals surface area contributed by atoms with Crippen LogP contribution in [-0.4, -0.2) is 35.3 Å². The fraction of sp³-hybridized carbons (Fsp3) is 0.875. The first-order valence-corrected chi connectivity index (χ1v) is 8.35. The second-order valence-corrected chi connectivity index (χ2v) is 6.65. The highest BCUT2D eigenvalue weighted by Crippen LogP contribution is 2.32. The maximum atomic E-state index is 12.5. The summed E-state index contributed by atoms with van der Waals surface area (Å²) in [5, 5.41) is 3.15. The molecule has 0 spiro atoms. The van der Waals surface area contributed by atoms with Crippen LogP contribution in [-0.2, 0) is 4.79 Å². The molecule has 1 aliphatic heterocycles. The zero-order chi connectivity index (χ0) is 13.9. The number of hydrogen-bond donors (Lipinski definition) is 1. The van der Waals surface area contributed by atoms with E-state index in [0.29, 0.717) is 11.8 Å². The smallest absolute Gasteiger partial charge is 0.317 e. The summed E-state index contributed by atoms with van der Waals surface area (Å²) in [6.07, 6.45) is 10.6. The number of likely N-dealkylation sites (tertiary alicyclic amines) is 1. The highest BCUT2D eigenvalue weighted by molar-refractivity contribution is 5.83. The van der Waals surface area contributed by atoms with Crippen molar-refractivity contribution in [3.05, 3.63) is 0 Å². The van der Waals surface area contributed by atoms with Gasteiger partial charge in [-0.3, -0.25) is 4.79 Å². The number of ketones is 1. The van der Waals surface area contributed by atoms with Crippen molar-refractivity contribution in [2.24, 2.45) is 5.92 Å². The van der Waals surface area contributed by atoms with E-state index in [2.05, 4.69) is 5.32 Å². The molecule has 3 aliphatic rings. The van der Waals surface area contributed by atoms with Crippen LogP contribution >= 0.6 is 0 Å². The Hall–Kier alpha value is -1.06. The molecule has 3 fully saturated rings. The highest BCUT2D eigenvalue weighted by atomic mass is 16.2. The van der Waals surface area contributed by atoms with Gasteiger partial charge in [0, 0.05) is 31.0 Å². The first-order chi connectivity index (χ1) is 9.75. The molecule has 3 rings (SSSR count). The lowest BCUT2D eigenvalue weighted by atomic mass is 9.79. The van der Waals surface area contributed by atoms with Gasteiger partial charge >= 0.3 is 6.03 Å². The lowest BCUT2D eigenvalue weighted by molar-refractivity contribution is -0.127. The number of nitrogens with zero attached hydrogens (tertiary/aromatic N) is 1. The Morgan fingerprint density at radius 2 is 1.80 bits per heavy atom. The first-order valence-electron chi connectivity index (χ1n) is 8.35. The van der Waals surface area contributed by atoms with Gasteiger partial charge in [0.25, 0.3) is 0 Å². The molecule has 4 heteroatoms. The summed E-state index contributed by atoms with van der Waals surface area (Å²) in [7, 11) is 0. The Morgan fingerprint density at radius 3 is 2.50 bits per heavy atom. The van der Waals surface area contributed by atoms with E-state index in [0.717, 1.165) is 64.3 Å². The largest absolute Gasteiger partial charge is 0.335 e. The summed E-state index contributed by atoms with van der Waals surface area (Å²) in [4.78, 5) is 26.6. The van der Waals surface area contributed by atoms with Crippen LogP contribution in [0.15, 0.2) is 0 Å². The lowest BCUT2D eigenvalue weighted by Gasteiger charge is -2.42. The molecule has 0 aromatic rings. The summed E-state index contributed by atoms with van der Waals surface area (Å²) in [6.45, 7) is 0.826. The SMILES string of the molecule is O=C1CCCCC1C1CCCCN1C(=O)NC1CCC1. The summed E-state index contributed by atoms with van der Waals surface area (Å²) >= 11 is 0. The Bertz CT molecular complexity index is 379. The molecule has 1 heterocycles. The Balaban J connectivity index is 1.65. The molecule has 0 aromatic carbocycles. The zero-order valence-corrected chi connectivity index (χ0v) is 12.3. The zero-order valence-electron chi connectivity index (χ0n) is 12.3. The number of amides is 2. The molecule has 1 N–H and O–H groups in total. The van der Waals surface area contributed by atoms with Crippen LogP contribution in [0.25, 0.3) is 0 Å². The molecule has 0 radical (unpaired) electrons. The van der Waals surface area contributed by atoms with E-state index in [9.17, 15) is 9.59 Å². The van der Waals surface area contributed by atoms with Crippen molar-refractivity contribution in [1.82, 2.24) is 10.2 Å². The molecule has 0 aromatic heterocycles. The van der Waals surface area contributed by atoms with Crippen molar-refractivity contribution in [3.63, 3.8) is 0 Å². The highest BCUT2D eigenvalue weighted by Gasteiger charge is 2.38. The van der Waals surface area contributed by atoms with E-state index in [1.54, 1.807) is 0 Å². The molecule has 112 valence electrons. The predicted molar refractivity (Wildman–Crippen MR) is 77.5 cm³/mol. The van der Waals surface area contributed by atoms with Gasteiger partial charge in [0.1, 0.15) is 5.78 Å². The van der Waals surface area contributed by atoms with Gasteiger partial charge < -0.3 is 10.2 Å². The minimum absolute atomic E-state index is 0.0813. The van der Waals surface area contributed by atoms with Gasteiger partial charge in [-0.15, -0.1) is 0 Å². The van der Waals surface area contributed by atoms with E-state index in [1.807, 2.05) is 4.90 Å². The Labute approximate surface area is 121 Å². The number of carbonyl (C=O) groups excluding carboxylic acids is 2. The van der Waals surface area contributed by atoms with E-state index >= 15 is 0 Å². The van der Waals surface area contributed by atoms with Crippen LogP contribution in [0.2, 0.25) is 0 Å². The van der Waals surface area contributed by atoms with Crippen LogP contribution < -0.4 is 5.32 Å². The van der Waals surface area contributed by atoms with Gasteiger partial charge in [-0.25, -0.2) is 4.79 Å². The van der Waals surface area contributed by atoms with Crippen molar-refractivity contribution in [2.45, 2.75) is 76.3 Å². The average Bonchev–Trinajstić information content (AvgIpc) is 2.43. The maximum Gasteiger partial charge on any atom is 0.317 e. The molecule has 2 amide bonds. The third-order valence-electron chi connectivity index (χ3n) is 5.31. The third kappa shape index (κ3) is 2.84. The summed E-state index contributed by atoms with van der Waals surface area (Å²) < 4.78 is 0. The molecule has 2 atom stereocenters. The number of urea groups is 1. The number of carbonyl (C=O) groups is 2. The van der Waals surface area contributed by atoms with Crippen molar-refractivity contribution in [3.8, 4) is 0 Å². The first kappa shape index (κ1) is 13.9. The van der Waals surface area contributed by atoms with E-state index in [4.69, 9.17) is 0 Å². The normalized spacial score (nSPS) is 31.8. The average molecular weight is 278 g/mol. The molecular weight excluding hydrogens is 252 g/mol. The monoisotopic (exact) mass is 278 g/mol. The van der Waals surface area contributed by atoms with Crippen molar-refractivity contribution in [1.29, 1.82) is 0 Å². The van der Waals surface area contributed by atoms with E-state index < -0.39 is 0 Å². The number of nitrogens with one attached hydrogen (secondary N) is 1. The topological polar surface area (TPSA) is 49.4 Å². The molecular formula is C16H26N2O2. The third-order valence-corrected chi connectivity index (χ3v) is 5.31. The molecule has 20 heavy (non-hydrogen) atoms. The quantitative estimate of drug-likeness (QED) is 0.844. The van der Waals surface area contributed by atoms with Crippen LogP contribution in [0.3, 0.4) is 0 Å². The van der Waals surface area contributed by atoms with Gasteiger partial charge in [-0.05, 0) is 51.4 Å². The number of rotatable bonds is 2. The fourth-order valence-electron chi connectivity index (χ4n) is 3.85. The lowest BCUT2D eigenvalue weighted by Crippen LogP contribution is -2.55. The maximum absolute atomic E-state index is 12.5. The van der Waals surface area contributed by atoms with Crippen molar-refractivity contribution >= 4 is 11.8 Å². The van der Waals surface area contributed by atoms with Crippen LogP contribution in [0, 0.1) is 5.92 Å². The van der Waals surface area contributed by atoms with Gasteiger partial charge in [-0.2, -0.15) is 0 Å². The molecule has 2 unspecified atom stereocenters. The minimum Gasteiger partial charge on any atom is -0.335 e.